The lowest BCUT2D eigenvalue weighted by atomic mass is 10.2. The average Bonchev–Trinajstić information content (AvgIpc) is 3.20. The van der Waals surface area contributed by atoms with Crippen molar-refractivity contribution in [3.8, 4) is 0 Å². The van der Waals surface area contributed by atoms with E-state index >= 15 is 4.39 Å². The highest BCUT2D eigenvalue weighted by Crippen LogP contribution is 2.29. The van der Waals surface area contributed by atoms with E-state index in [1.165, 1.54) is 27.1 Å². The van der Waals surface area contributed by atoms with Gasteiger partial charge in [0.05, 0.1) is 44.2 Å². The molecule has 2 saturated heterocycles. The smallest absolute Gasteiger partial charge is 0.429 e. The SMILES string of the molecule is CC(C)(C)OC(=O)N1CCN(c2ccc(N3C[C@H](CNC(=O)COCc4ccccc4)OC3=O)cc2F)CCN1C(=O)OC(C)(C)C. The zero-order valence-electron chi connectivity index (χ0n) is 27.8. The van der Waals surface area contributed by atoms with Gasteiger partial charge < -0.3 is 29.2 Å². The molecule has 2 aliphatic heterocycles. The van der Waals surface area contributed by atoms with Crippen molar-refractivity contribution in [2.45, 2.75) is 65.5 Å². The third kappa shape index (κ3) is 10.2. The van der Waals surface area contributed by atoms with Crippen molar-refractivity contribution < 1.29 is 42.5 Å². The largest absolute Gasteiger partial charge is 0.442 e. The Morgan fingerprint density at radius 1 is 0.894 bits per heavy atom. The molecule has 0 bridgehead atoms. The number of hydrogen-bond acceptors (Lipinski definition) is 9. The van der Waals surface area contributed by atoms with Gasteiger partial charge in [0.25, 0.3) is 0 Å². The number of hydrogen-bond donors (Lipinski definition) is 1. The molecule has 0 unspecified atom stereocenters. The molecule has 2 fully saturated rings. The summed E-state index contributed by atoms with van der Waals surface area (Å²) in [5.41, 5.74) is -0.140. The molecule has 0 spiro atoms. The maximum atomic E-state index is 15.6. The van der Waals surface area contributed by atoms with Gasteiger partial charge in [0.1, 0.15) is 29.7 Å². The first-order valence-electron chi connectivity index (χ1n) is 15.5. The molecule has 4 rings (SSSR count). The number of cyclic esters (lactones) is 1. The summed E-state index contributed by atoms with van der Waals surface area (Å²) >= 11 is 0. The lowest BCUT2D eigenvalue weighted by molar-refractivity contribution is -0.126. The van der Waals surface area contributed by atoms with E-state index < -0.39 is 41.4 Å². The number of carbonyl (C=O) groups is 4. The van der Waals surface area contributed by atoms with Gasteiger partial charge in [0.15, 0.2) is 0 Å². The van der Waals surface area contributed by atoms with Crippen molar-refractivity contribution in [2.24, 2.45) is 0 Å². The second kappa shape index (κ2) is 14.9. The van der Waals surface area contributed by atoms with Crippen LogP contribution in [0.4, 0.5) is 30.1 Å². The van der Waals surface area contributed by atoms with Gasteiger partial charge in [0.2, 0.25) is 5.91 Å². The monoisotopic (exact) mass is 657 g/mol. The second-order valence-electron chi connectivity index (χ2n) is 13.2. The van der Waals surface area contributed by atoms with E-state index in [1.807, 2.05) is 30.3 Å². The van der Waals surface area contributed by atoms with Gasteiger partial charge in [0, 0.05) is 13.1 Å². The highest BCUT2D eigenvalue weighted by molar-refractivity contribution is 5.90. The lowest BCUT2D eigenvalue weighted by Gasteiger charge is -2.35. The Hall–Kier alpha value is -4.59. The van der Waals surface area contributed by atoms with Crippen molar-refractivity contribution in [2.75, 3.05) is 55.7 Å². The van der Waals surface area contributed by atoms with Gasteiger partial charge in [-0.2, -0.15) is 0 Å². The van der Waals surface area contributed by atoms with E-state index in [1.54, 1.807) is 52.5 Å². The lowest BCUT2D eigenvalue weighted by Crippen LogP contribution is -2.53. The molecule has 0 radical (unpaired) electrons. The van der Waals surface area contributed by atoms with E-state index in [0.717, 1.165) is 5.56 Å². The molecular formula is C33H44FN5O8. The predicted molar refractivity (Wildman–Crippen MR) is 171 cm³/mol. The average molecular weight is 658 g/mol. The normalized spacial score (nSPS) is 17.3. The molecule has 1 N–H and O–H groups in total. The molecule has 0 saturated carbocycles. The van der Waals surface area contributed by atoms with Crippen LogP contribution in [0.25, 0.3) is 0 Å². The van der Waals surface area contributed by atoms with Crippen LogP contribution in [0.5, 0.6) is 0 Å². The van der Waals surface area contributed by atoms with Gasteiger partial charge in [-0.15, -0.1) is 0 Å². The molecule has 1 atom stereocenters. The summed E-state index contributed by atoms with van der Waals surface area (Å²) < 4.78 is 37.5. The first kappa shape index (κ1) is 35.3. The summed E-state index contributed by atoms with van der Waals surface area (Å²) in [5, 5.41) is 5.06. The highest BCUT2D eigenvalue weighted by atomic mass is 19.1. The zero-order chi connectivity index (χ0) is 34.4. The maximum absolute atomic E-state index is 15.6. The Balaban J connectivity index is 1.36. The van der Waals surface area contributed by atoms with Crippen LogP contribution < -0.4 is 15.1 Å². The van der Waals surface area contributed by atoms with Crippen LogP contribution in [0.15, 0.2) is 48.5 Å². The standard InChI is InChI=1S/C33H44FN5O8/c1-32(2,3)46-30(42)38-16-14-36(15-17-39(38)31(43)47-33(4,5)6)27-13-12-24(18-26(27)34)37-20-25(45-29(37)41)19-35-28(40)22-44-21-23-10-8-7-9-11-23/h7-13,18,25H,14-17,19-22H2,1-6H3,(H,35,40)/t25-/m0/s1. The van der Waals surface area contributed by atoms with Crippen molar-refractivity contribution in [1.82, 2.24) is 15.3 Å². The van der Waals surface area contributed by atoms with Crippen molar-refractivity contribution in [1.29, 1.82) is 0 Å². The molecule has 0 aliphatic carbocycles. The molecule has 47 heavy (non-hydrogen) atoms. The summed E-state index contributed by atoms with van der Waals surface area (Å²) in [4.78, 5) is 54.0. The van der Waals surface area contributed by atoms with Crippen LogP contribution in [0.1, 0.15) is 47.1 Å². The number of hydrazine groups is 1. The second-order valence-corrected chi connectivity index (χ2v) is 13.2. The topological polar surface area (TPSA) is 130 Å². The number of ether oxygens (including phenoxy) is 4. The molecule has 2 aromatic carbocycles. The molecule has 4 amide bonds. The summed E-state index contributed by atoms with van der Waals surface area (Å²) in [6.45, 7) is 11.1. The Morgan fingerprint density at radius 2 is 1.49 bits per heavy atom. The molecule has 256 valence electrons. The van der Waals surface area contributed by atoms with Crippen LogP contribution in [-0.2, 0) is 30.3 Å². The first-order chi connectivity index (χ1) is 22.1. The first-order valence-corrected chi connectivity index (χ1v) is 15.5. The Bertz CT molecular complexity index is 1390. The number of carbonyl (C=O) groups excluding carboxylic acids is 4. The van der Waals surface area contributed by atoms with E-state index in [2.05, 4.69) is 5.32 Å². The van der Waals surface area contributed by atoms with Crippen molar-refractivity contribution in [3.05, 3.63) is 59.9 Å². The van der Waals surface area contributed by atoms with Gasteiger partial charge >= 0.3 is 18.3 Å². The zero-order valence-corrected chi connectivity index (χ0v) is 27.8. The van der Waals surface area contributed by atoms with Crippen LogP contribution in [-0.4, -0.2) is 97.4 Å². The minimum atomic E-state index is -0.803. The number of rotatable bonds is 8. The molecule has 14 heteroatoms. The van der Waals surface area contributed by atoms with Crippen LogP contribution >= 0.6 is 0 Å². The Kier molecular flexibility index (Phi) is 11.2. The van der Waals surface area contributed by atoms with Crippen molar-refractivity contribution >= 4 is 35.6 Å². The summed E-state index contributed by atoms with van der Waals surface area (Å²) in [6, 6.07) is 13.8. The third-order valence-corrected chi connectivity index (χ3v) is 6.99. The maximum Gasteiger partial charge on any atom is 0.429 e. The van der Waals surface area contributed by atoms with Crippen LogP contribution in [0.2, 0.25) is 0 Å². The molecular weight excluding hydrogens is 613 g/mol. The minimum Gasteiger partial charge on any atom is -0.442 e. The number of nitrogens with one attached hydrogen (secondary N) is 1. The summed E-state index contributed by atoms with van der Waals surface area (Å²) in [6.07, 6.45) is -2.74. The molecule has 2 aliphatic rings. The third-order valence-electron chi connectivity index (χ3n) is 6.99. The number of halogens is 1. The predicted octanol–water partition coefficient (Wildman–Crippen LogP) is 4.69. The number of nitrogens with zero attached hydrogens (tertiary/aromatic N) is 4. The number of benzene rings is 2. The van der Waals surface area contributed by atoms with Gasteiger partial charge in [-0.05, 0) is 65.3 Å². The molecule has 2 heterocycles. The fraction of sp³-hybridized carbons (Fsp3) is 0.515. The molecule has 13 nitrogen and oxygen atoms in total. The highest BCUT2D eigenvalue weighted by Gasteiger charge is 2.36. The molecule has 2 aromatic rings. The minimum absolute atomic E-state index is 0.0263. The quantitative estimate of drug-likeness (QED) is 0.402. The number of anilines is 2. The summed E-state index contributed by atoms with van der Waals surface area (Å²) in [7, 11) is 0. The van der Waals surface area contributed by atoms with Crippen molar-refractivity contribution in [3.63, 3.8) is 0 Å². The van der Waals surface area contributed by atoms with Gasteiger partial charge in [-0.25, -0.2) is 28.8 Å². The van der Waals surface area contributed by atoms with E-state index in [4.69, 9.17) is 18.9 Å². The Labute approximate surface area is 274 Å². The Morgan fingerprint density at radius 3 is 2.04 bits per heavy atom. The van der Waals surface area contributed by atoms with Gasteiger partial charge in [-0.3, -0.25) is 9.69 Å². The fourth-order valence-electron chi connectivity index (χ4n) is 4.91. The van der Waals surface area contributed by atoms with E-state index in [9.17, 15) is 19.2 Å². The van der Waals surface area contributed by atoms with Gasteiger partial charge in [-0.1, -0.05) is 30.3 Å². The van der Waals surface area contributed by atoms with Crippen LogP contribution in [0.3, 0.4) is 0 Å². The van der Waals surface area contributed by atoms with Crippen LogP contribution in [0, 0.1) is 5.82 Å². The van der Waals surface area contributed by atoms with E-state index in [0.29, 0.717) is 6.61 Å². The fourth-order valence-corrected chi connectivity index (χ4v) is 4.91. The summed E-state index contributed by atoms with van der Waals surface area (Å²) in [5.74, 6) is -0.948. The molecule has 0 aromatic heterocycles. The van der Waals surface area contributed by atoms with E-state index in [-0.39, 0.29) is 63.2 Å². The number of amides is 4.